The van der Waals surface area contributed by atoms with E-state index in [0.717, 1.165) is 5.56 Å². The van der Waals surface area contributed by atoms with Crippen molar-refractivity contribution < 1.29 is 4.79 Å². The van der Waals surface area contributed by atoms with Gasteiger partial charge in [-0.1, -0.05) is 12.1 Å². The summed E-state index contributed by atoms with van der Waals surface area (Å²) in [6.07, 6.45) is 0. The number of hydrogen-bond acceptors (Lipinski definition) is 2. The fourth-order valence-corrected chi connectivity index (χ4v) is 1.21. The van der Waals surface area contributed by atoms with E-state index in [1.165, 1.54) is 0 Å². The SMILES string of the molecule is CCN(C)C(=O)NCc1cccc(C#N)c1. The molecule has 4 heteroatoms. The number of urea groups is 1. The van der Waals surface area contributed by atoms with Gasteiger partial charge in [0.2, 0.25) is 0 Å². The molecule has 0 unspecified atom stereocenters. The molecule has 1 N–H and O–H groups in total. The minimum atomic E-state index is -0.107. The van der Waals surface area contributed by atoms with Crippen molar-refractivity contribution in [1.82, 2.24) is 10.2 Å². The zero-order valence-corrected chi connectivity index (χ0v) is 9.53. The molecule has 2 amide bonds. The van der Waals surface area contributed by atoms with Gasteiger partial charge in [-0.05, 0) is 24.6 Å². The van der Waals surface area contributed by atoms with Gasteiger partial charge in [0.05, 0.1) is 11.6 Å². The van der Waals surface area contributed by atoms with E-state index < -0.39 is 0 Å². The Morgan fingerprint density at radius 1 is 1.56 bits per heavy atom. The molecule has 0 aliphatic rings. The lowest BCUT2D eigenvalue weighted by Gasteiger charge is -2.15. The van der Waals surface area contributed by atoms with Crippen LogP contribution in [0.3, 0.4) is 0 Å². The van der Waals surface area contributed by atoms with Crippen molar-refractivity contribution in [2.75, 3.05) is 13.6 Å². The fraction of sp³-hybridized carbons (Fsp3) is 0.333. The minimum absolute atomic E-state index is 0.107. The third-order valence-corrected chi connectivity index (χ3v) is 2.32. The van der Waals surface area contributed by atoms with Crippen molar-refractivity contribution in [3.8, 4) is 6.07 Å². The minimum Gasteiger partial charge on any atom is -0.334 e. The van der Waals surface area contributed by atoms with Crippen LogP contribution in [0, 0.1) is 11.3 Å². The van der Waals surface area contributed by atoms with Gasteiger partial charge in [-0.2, -0.15) is 5.26 Å². The van der Waals surface area contributed by atoms with Crippen molar-refractivity contribution >= 4 is 6.03 Å². The average molecular weight is 217 g/mol. The molecule has 1 aromatic carbocycles. The molecule has 0 fully saturated rings. The van der Waals surface area contributed by atoms with E-state index in [0.29, 0.717) is 18.7 Å². The highest BCUT2D eigenvalue weighted by molar-refractivity contribution is 5.73. The molecule has 0 saturated heterocycles. The number of carbonyl (C=O) groups is 1. The molecular formula is C12H15N3O. The Bertz CT molecular complexity index is 409. The second kappa shape index (κ2) is 5.76. The Morgan fingerprint density at radius 2 is 2.31 bits per heavy atom. The summed E-state index contributed by atoms with van der Waals surface area (Å²) in [5.74, 6) is 0. The summed E-state index contributed by atoms with van der Waals surface area (Å²) in [4.78, 5) is 13.0. The van der Waals surface area contributed by atoms with Crippen molar-refractivity contribution in [2.24, 2.45) is 0 Å². The molecule has 0 spiro atoms. The zero-order valence-electron chi connectivity index (χ0n) is 9.53. The van der Waals surface area contributed by atoms with Crippen molar-refractivity contribution in [3.63, 3.8) is 0 Å². The standard InChI is InChI=1S/C12H15N3O/c1-3-15(2)12(16)14-9-11-6-4-5-10(7-11)8-13/h4-7H,3,9H2,1-2H3,(H,14,16). The summed E-state index contributed by atoms with van der Waals surface area (Å²) in [6.45, 7) is 3.03. The number of nitriles is 1. The van der Waals surface area contributed by atoms with Crippen molar-refractivity contribution in [1.29, 1.82) is 5.26 Å². The van der Waals surface area contributed by atoms with E-state index in [2.05, 4.69) is 11.4 Å². The summed E-state index contributed by atoms with van der Waals surface area (Å²) < 4.78 is 0. The number of hydrogen-bond donors (Lipinski definition) is 1. The van der Waals surface area contributed by atoms with Gasteiger partial charge in [-0.3, -0.25) is 0 Å². The first kappa shape index (κ1) is 12.1. The summed E-state index contributed by atoms with van der Waals surface area (Å²) >= 11 is 0. The molecule has 4 nitrogen and oxygen atoms in total. The topological polar surface area (TPSA) is 56.1 Å². The molecule has 0 saturated carbocycles. The number of amides is 2. The zero-order chi connectivity index (χ0) is 12.0. The molecule has 0 atom stereocenters. The number of nitrogens with zero attached hydrogens (tertiary/aromatic N) is 2. The molecule has 0 aliphatic heterocycles. The number of carbonyl (C=O) groups excluding carboxylic acids is 1. The van der Waals surface area contributed by atoms with E-state index in [9.17, 15) is 4.79 Å². The molecule has 0 aromatic heterocycles. The lowest BCUT2D eigenvalue weighted by atomic mass is 10.1. The van der Waals surface area contributed by atoms with Gasteiger partial charge >= 0.3 is 6.03 Å². The maximum Gasteiger partial charge on any atom is 0.317 e. The Kier molecular flexibility index (Phi) is 4.34. The monoisotopic (exact) mass is 217 g/mol. The molecule has 0 radical (unpaired) electrons. The van der Waals surface area contributed by atoms with E-state index in [1.807, 2.05) is 19.1 Å². The van der Waals surface area contributed by atoms with Crippen LogP contribution < -0.4 is 5.32 Å². The van der Waals surface area contributed by atoms with Crippen LogP contribution in [0.4, 0.5) is 4.79 Å². The summed E-state index contributed by atoms with van der Waals surface area (Å²) in [6, 6.07) is 9.16. The molecule has 1 aromatic rings. The summed E-state index contributed by atoms with van der Waals surface area (Å²) in [5.41, 5.74) is 1.53. The van der Waals surface area contributed by atoms with Gasteiger partial charge in [0.25, 0.3) is 0 Å². The van der Waals surface area contributed by atoms with Crippen LogP contribution in [0.5, 0.6) is 0 Å². The van der Waals surface area contributed by atoms with Gasteiger partial charge in [0.15, 0.2) is 0 Å². The summed E-state index contributed by atoms with van der Waals surface area (Å²) in [5, 5.41) is 11.5. The quantitative estimate of drug-likeness (QED) is 0.838. The normalized spacial score (nSPS) is 9.31. The van der Waals surface area contributed by atoms with E-state index in [4.69, 9.17) is 5.26 Å². The van der Waals surface area contributed by atoms with Crippen LogP contribution in [-0.2, 0) is 6.54 Å². The molecule has 84 valence electrons. The predicted octanol–water partition coefficient (Wildman–Crippen LogP) is 1.72. The van der Waals surface area contributed by atoms with Crippen LogP contribution in [0.2, 0.25) is 0 Å². The summed E-state index contributed by atoms with van der Waals surface area (Å²) in [7, 11) is 1.74. The van der Waals surface area contributed by atoms with Gasteiger partial charge in [-0.15, -0.1) is 0 Å². The molecule has 16 heavy (non-hydrogen) atoms. The Hall–Kier alpha value is -2.02. The number of benzene rings is 1. The maximum atomic E-state index is 11.5. The molecule has 0 bridgehead atoms. The highest BCUT2D eigenvalue weighted by Crippen LogP contribution is 2.03. The highest BCUT2D eigenvalue weighted by atomic mass is 16.2. The predicted molar refractivity (Wildman–Crippen MR) is 61.7 cm³/mol. The van der Waals surface area contributed by atoms with Crippen LogP contribution in [0.25, 0.3) is 0 Å². The third kappa shape index (κ3) is 3.28. The van der Waals surface area contributed by atoms with Gasteiger partial charge in [-0.25, -0.2) is 4.79 Å². The lowest BCUT2D eigenvalue weighted by Crippen LogP contribution is -2.36. The molecule has 0 aliphatic carbocycles. The van der Waals surface area contributed by atoms with Gasteiger partial charge in [0.1, 0.15) is 0 Å². The van der Waals surface area contributed by atoms with Crippen LogP contribution in [0.15, 0.2) is 24.3 Å². The van der Waals surface area contributed by atoms with Crippen LogP contribution >= 0.6 is 0 Å². The van der Waals surface area contributed by atoms with Gasteiger partial charge in [0, 0.05) is 20.1 Å². The first-order valence-corrected chi connectivity index (χ1v) is 5.15. The molecule has 0 heterocycles. The van der Waals surface area contributed by atoms with Crippen LogP contribution in [0.1, 0.15) is 18.1 Å². The number of nitrogens with one attached hydrogen (secondary N) is 1. The Morgan fingerprint density at radius 3 is 2.94 bits per heavy atom. The second-order valence-corrected chi connectivity index (χ2v) is 3.49. The second-order valence-electron chi connectivity index (χ2n) is 3.49. The smallest absolute Gasteiger partial charge is 0.317 e. The van der Waals surface area contributed by atoms with E-state index in [-0.39, 0.29) is 6.03 Å². The van der Waals surface area contributed by atoms with Crippen molar-refractivity contribution in [2.45, 2.75) is 13.5 Å². The fourth-order valence-electron chi connectivity index (χ4n) is 1.21. The average Bonchev–Trinajstić information content (AvgIpc) is 2.35. The number of rotatable bonds is 3. The largest absolute Gasteiger partial charge is 0.334 e. The van der Waals surface area contributed by atoms with Crippen LogP contribution in [-0.4, -0.2) is 24.5 Å². The maximum absolute atomic E-state index is 11.5. The Labute approximate surface area is 95.5 Å². The molecular weight excluding hydrogens is 202 g/mol. The van der Waals surface area contributed by atoms with E-state index in [1.54, 1.807) is 24.1 Å². The Balaban J connectivity index is 2.55. The van der Waals surface area contributed by atoms with Gasteiger partial charge < -0.3 is 10.2 Å². The molecule has 1 rings (SSSR count). The first-order chi connectivity index (χ1) is 7.67. The lowest BCUT2D eigenvalue weighted by molar-refractivity contribution is 0.210. The first-order valence-electron chi connectivity index (χ1n) is 5.15. The van der Waals surface area contributed by atoms with Crippen molar-refractivity contribution in [3.05, 3.63) is 35.4 Å². The third-order valence-electron chi connectivity index (χ3n) is 2.32. The van der Waals surface area contributed by atoms with E-state index >= 15 is 0 Å². The highest BCUT2D eigenvalue weighted by Gasteiger charge is 2.04.